The summed E-state index contributed by atoms with van der Waals surface area (Å²) < 4.78 is 10.7. The molecule has 3 heteroatoms. The molecule has 1 N–H and O–H groups in total. The summed E-state index contributed by atoms with van der Waals surface area (Å²) in [5.74, 6) is 1.82. The van der Waals surface area contributed by atoms with Gasteiger partial charge in [0.15, 0.2) is 0 Å². The van der Waals surface area contributed by atoms with Crippen LogP contribution in [-0.4, -0.2) is 14.2 Å². The van der Waals surface area contributed by atoms with E-state index in [1.54, 1.807) is 13.4 Å². The van der Waals surface area contributed by atoms with Crippen LogP contribution in [0.3, 0.4) is 0 Å². The Morgan fingerprint density at radius 3 is 2.65 bits per heavy atom. The van der Waals surface area contributed by atoms with Crippen molar-refractivity contribution in [2.24, 2.45) is 0 Å². The monoisotopic (exact) mass is 231 g/mol. The van der Waals surface area contributed by atoms with Gasteiger partial charge in [0.2, 0.25) is 0 Å². The largest absolute Gasteiger partial charge is 0.496 e. The molecule has 1 atom stereocenters. The van der Waals surface area contributed by atoms with Gasteiger partial charge in [-0.05, 0) is 43.3 Å². The van der Waals surface area contributed by atoms with E-state index in [0.717, 1.165) is 17.1 Å². The lowest BCUT2D eigenvalue weighted by molar-refractivity contribution is 0.411. The normalized spacial score (nSPS) is 12.4. The molecule has 0 fully saturated rings. The SMILES string of the molecule is CNC(c1ccc(OC)c(C)c1)c1ccco1. The van der Waals surface area contributed by atoms with Crippen molar-refractivity contribution in [1.82, 2.24) is 5.32 Å². The van der Waals surface area contributed by atoms with E-state index in [0.29, 0.717) is 0 Å². The van der Waals surface area contributed by atoms with E-state index in [-0.39, 0.29) is 6.04 Å². The number of furan rings is 1. The number of hydrogen-bond donors (Lipinski definition) is 1. The Labute approximate surface area is 101 Å². The minimum atomic E-state index is 0.0783. The second kappa shape index (κ2) is 5.06. The molecule has 0 radical (unpaired) electrons. The zero-order chi connectivity index (χ0) is 12.3. The summed E-state index contributed by atoms with van der Waals surface area (Å²) in [5, 5.41) is 3.25. The third-order valence-corrected chi connectivity index (χ3v) is 2.87. The van der Waals surface area contributed by atoms with Crippen LogP contribution in [0.4, 0.5) is 0 Å². The lowest BCUT2D eigenvalue weighted by Crippen LogP contribution is -2.17. The molecule has 0 saturated heterocycles. The average Bonchev–Trinajstić information content (AvgIpc) is 2.84. The van der Waals surface area contributed by atoms with Gasteiger partial charge in [0, 0.05) is 0 Å². The highest BCUT2D eigenvalue weighted by molar-refractivity contribution is 5.39. The van der Waals surface area contributed by atoms with Crippen molar-refractivity contribution in [2.75, 3.05) is 14.2 Å². The van der Waals surface area contributed by atoms with E-state index < -0.39 is 0 Å². The molecule has 2 aromatic rings. The van der Waals surface area contributed by atoms with Crippen molar-refractivity contribution in [1.29, 1.82) is 0 Å². The van der Waals surface area contributed by atoms with Crippen molar-refractivity contribution < 1.29 is 9.15 Å². The number of methoxy groups -OCH3 is 1. The molecule has 0 amide bonds. The van der Waals surface area contributed by atoms with Crippen molar-refractivity contribution in [3.63, 3.8) is 0 Å². The van der Waals surface area contributed by atoms with E-state index in [9.17, 15) is 0 Å². The topological polar surface area (TPSA) is 34.4 Å². The Morgan fingerprint density at radius 2 is 2.12 bits per heavy atom. The Bertz CT molecular complexity index is 477. The third kappa shape index (κ3) is 2.34. The van der Waals surface area contributed by atoms with Crippen LogP contribution in [0, 0.1) is 6.92 Å². The Kier molecular flexibility index (Phi) is 3.49. The molecule has 1 aromatic carbocycles. The van der Waals surface area contributed by atoms with Gasteiger partial charge in [-0.3, -0.25) is 0 Å². The minimum absolute atomic E-state index is 0.0783. The Hall–Kier alpha value is -1.74. The summed E-state index contributed by atoms with van der Waals surface area (Å²) in [6, 6.07) is 10.1. The van der Waals surface area contributed by atoms with Crippen molar-refractivity contribution in [3.8, 4) is 5.75 Å². The Morgan fingerprint density at radius 1 is 1.29 bits per heavy atom. The molecule has 1 aromatic heterocycles. The quantitative estimate of drug-likeness (QED) is 0.878. The first kappa shape index (κ1) is 11.7. The van der Waals surface area contributed by atoms with Crippen LogP contribution in [0.15, 0.2) is 41.0 Å². The highest BCUT2D eigenvalue weighted by atomic mass is 16.5. The van der Waals surface area contributed by atoms with E-state index in [1.165, 1.54) is 5.56 Å². The predicted molar refractivity (Wildman–Crippen MR) is 67.3 cm³/mol. The van der Waals surface area contributed by atoms with Gasteiger partial charge in [-0.2, -0.15) is 0 Å². The standard InChI is InChI=1S/C14H17NO2/c1-10-9-11(6-7-12(10)16-3)14(15-2)13-5-4-8-17-13/h4-9,14-15H,1-3H3. The van der Waals surface area contributed by atoms with Gasteiger partial charge >= 0.3 is 0 Å². The molecule has 90 valence electrons. The fourth-order valence-corrected chi connectivity index (χ4v) is 2.01. The fraction of sp³-hybridized carbons (Fsp3) is 0.286. The van der Waals surface area contributed by atoms with Crippen molar-refractivity contribution in [2.45, 2.75) is 13.0 Å². The van der Waals surface area contributed by atoms with E-state index in [1.807, 2.05) is 32.2 Å². The van der Waals surface area contributed by atoms with Crippen LogP contribution in [0.5, 0.6) is 5.75 Å². The van der Waals surface area contributed by atoms with Crippen molar-refractivity contribution in [3.05, 3.63) is 53.5 Å². The highest BCUT2D eigenvalue weighted by Gasteiger charge is 2.15. The van der Waals surface area contributed by atoms with Crippen LogP contribution < -0.4 is 10.1 Å². The molecule has 2 rings (SSSR count). The molecule has 1 heterocycles. The Balaban J connectivity index is 2.35. The molecule has 0 aliphatic carbocycles. The van der Waals surface area contributed by atoms with Crippen LogP contribution >= 0.6 is 0 Å². The van der Waals surface area contributed by atoms with Crippen LogP contribution in [0.25, 0.3) is 0 Å². The first-order valence-corrected chi connectivity index (χ1v) is 5.61. The van der Waals surface area contributed by atoms with Crippen LogP contribution in [0.1, 0.15) is 22.9 Å². The highest BCUT2D eigenvalue weighted by Crippen LogP contribution is 2.26. The number of nitrogens with one attached hydrogen (secondary N) is 1. The van der Waals surface area contributed by atoms with E-state index >= 15 is 0 Å². The summed E-state index contributed by atoms with van der Waals surface area (Å²) >= 11 is 0. The number of benzene rings is 1. The molecule has 0 aliphatic heterocycles. The molecule has 17 heavy (non-hydrogen) atoms. The summed E-state index contributed by atoms with van der Waals surface area (Å²) in [6.07, 6.45) is 1.69. The van der Waals surface area contributed by atoms with Gasteiger partial charge in [-0.1, -0.05) is 12.1 Å². The summed E-state index contributed by atoms with van der Waals surface area (Å²) in [7, 11) is 3.61. The van der Waals surface area contributed by atoms with E-state index in [2.05, 4.69) is 17.4 Å². The molecule has 1 unspecified atom stereocenters. The summed E-state index contributed by atoms with van der Waals surface area (Å²) in [5.41, 5.74) is 2.29. The average molecular weight is 231 g/mol. The molecule has 0 aliphatic rings. The van der Waals surface area contributed by atoms with Gasteiger partial charge in [0.25, 0.3) is 0 Å². The maximum absolute atomic E-state index is 5.44. The zero-order valence-electron chi connectivity index (χ0n) is 10.4. The molecular formula is C14H17NO2. The third-order valence-electron chi connectivity index (χ3n) is 2.87. The van der Waals surface area contributed by atoms with E-state index in [4.69, 9.17) is 9.15 Å². The number of aryl methyl sites for hydroxylation is 1. The van der Waals surface area contributed by atoms with Crippen LogP contribution in [-0.2, 0) is 0 Å². The second-order valence-corrected chi connectivity index (χ2v) is 3.97. The summed E-state index contributed by atoms with van der Waals surface area (Å²) in [4.78, 5) is 0. The smallest absolute Gasteiger partial charge is 0.125 e. The number of hydrogen-bond acceptors (Lipinski definition) is 3. The fourth-order valence-electron chi connectivity index (χ4n) is 2.01. The first-order chi connectivity index (χ1) is 8.26. The van der Waals surface area contributed by atoms with Gasteiger partial charge in [-0.25, -0.2) is 0 Å². The molecule has 0 bridgehead atoms. The van der Waals surface area contributed by atoms with Crippen LogP contribution in [0.2, 0.25) is 0 Å². The first-order valence-electron chi connectivity index (χ1n) is 5.61. The maximum atomic E-state index is 5.44. The molecule has 3 nitrogen and oxygen atoms in total. The van der Waals surface area contributed by atoms with Crippen molar-refractivity contribution >= 4 is 0 Å². The minimum Gasteiger partial charge on any atom is -0.496 e. The zero-order valence-corrected chi connectivity index (χ0v) is 10.4. The predicted octanol–water partition coefficient (Wildman–Crippen LogP) is 2.91. The van der Waals surface area contributed by atoms with Gasteiger partial charge < -0.3 is 14.5 Å². The number of ether oxygens (including phenoxy) is 1. The van der Waals surface area contributed by atoms with Gasteiger partial charge in [0.05, 0.1) is 19.4 Å². The second-order valence-electron chi connectivity index (χ2n) is 3.97. The molecule has 0 spiro atoms. The lowest BCUT2D eigenvalue weighted by atomic mass is 10.0. The molecular weight excluding hydrogens is 214 g/mol. The molecule has 0 saturated carbocycles. The van der Waals surface area contributed by atoms with Gasteiger partial charge in [0.1, 0.15) is 11.5 Å². The maximum Gasteiger partial charge on any atom is 0.125 e. The number of rotatable bonds is 4. The summed E-state index contributed by atoms with van der Waals surface area (Å²) in [6.45, 7) is 2.04. The van der Waals surface area contributed by atoms with Gasteiger partial charge in [-0.15, -0.1) is 0 Å². The lowest BCUT2D eigenvalue weighted by Gasteiger charge is -2.15.